The maximum atomic E-state index is 12.8. The van der Waals surface area contributed by atoms with E-state index in [-0.39, 0.29) is 5.91 Å². The number of H-pyrrole nitrogens is 1. The Balaban J connectivity index is 1.65. The molecule has 2 heterocycles. The van der Waals surface area contributed by atoms with Crippen LogP contribution in [0.1, 0.15) is 15.9 Å². The van der Waals surface area contributed by atoms with Crippen LogP contribution in [0.4, 0.5) is 5.69 Å². The molecule has 4 rings (SSSR count). The van der Waals surface area contributed by atoms with Crippen LogP contribution in [-0.4, -0.2) is 35.1 Å². The van der Waals surface area contributed by atoms with E-state index in [2.05, 4.69) is 20.3 Å². The number of ether oxygens (including phenoxy) is 2. The molecule has 0 bridgehead atoms. The molecule has 2 aromatic heterocycles. The minimum atomic E-state index is -0.315. The summed E-state index contributed by atoms with van der Waals surface area (Å²) in [4.78, 5) is 24.9. The molecule has 0 saturated heterocycles. The van der Waals surface area contributed by atoms with Crippen LogP contribution in [0.2, 0.25) is 5.02 Å². The number of hydrogen-bond donors (Lipinski definition) is 2. The number of hydrogen-bond acceptors (Lipinski definition) is 5. The summed E-state index contributed by atoms with van der Waals surface area (Å²) in [5.74, 6) is 1.28. The van der Waals surface area contributed by atoms with Crippen LogP contribution in [0.5, 0.6) is 11.5 Å². The average molecular weight is 423 g/mol. The van der Waals surface area contributed by atoms with Crippen molar-refractivity contribution in [2.45, 2.75) is 6.92 Å². The third-order valence-corrected chi connectivity index (χ3v) is 4.94. The molecule has 152 valence electrons. The third-order valence-electron chi connectivity index (χ3n) is 4.61. The van der Waals surface area contributed by atoms with E-state index in [1.165, 1.54) is 7.11 Å². The van der Waals surface area contributed by atoms with Gasteiger partial charge >= 0.3 is 0 Å². The second-order valence-corrected chi connectivity index (χ2v) is 7.09. The maximum absolute atomic E-state index is 12.8. The zero-order chi connectivity index (χ0) is 21.3. The van der Waals surface area contributed by atoms with Crippen molar-refractivity contribution >= 4 is 34.4 Å². The molecule has 0 unspecified atom stereocenters. The van der Waals surface area contributed by atoms with Gasteiger partial charge in [-0.1, -0.05) is 11.6 Å². The van der Waals surface area contributed by atoms with Gasteiger partial charge in [0.15, 0.2) is 5.65 Å². The Kier molecular flexibility index (Phi) is 5.29. The molecule has 0 saturated carbocycles. The summed E-state index contributed by atoms with van der Waals surface area (Å²) in [6, 6.07) is 12.2. The number of carbonyl (C=O) groups excluding carboxylic acids is 1. The first-order valence-corrected chi connectivity index (χ1v) is 9.52. The van der Waals surface area contributed by atoms with Crippen LogP contribution < -0.4 is 14.8 Å². The Morgan fingerprint density at radius 3 is 2.70 bits per heavy atom. The van der Waals surface area contributed by atoms with Gasteiger partial charge in [0.2, 0.25) is 0 Å². The fourth-order valence-electron chi connectivity index (χ4n) is 3.10. The Morgan fingerprint density at radius 2 is 1.93 bits per heavy atom. The predicted molar refractivity (Wildman–Crippen MR) is 117 cm³/mol. The number of fused-ring (bicyclic) bond motifs is 1. The molecule has 0 aliphatic heterocycles. The van der Waals surface area contributed by atoms with Crippen LogP contribution in [0.3, 0.4) is 0 Å². The summed E-state index contributed by atoms with van der Waals surface area (Å²) in [6.45, 7) is 1.96. The average Bonchev–Trinajstić information content (AvgIpc) is 3.17. The number of anilines is 1. The highest BCUT2D eigenvalue weighted by Gasteiger charge is 2.16. The van der Waals surface area contributed by atoms with Gasteiger partial charge in [-0.25, -0.2) is 9.97 Å². The fourth-order valence-corrected chi connectivity index (χ4v) is 3.31. The highest BCUT2D eigenvalue weighted by Crippen LogP contribution is 2.31. The lowest BCUT2D eigenvalue weighted by atomic mass is 10.1. The summed E-state index contributed by atoms with van der Waals surface area (Å²) in [5.41, 5.74) is 4.06. The molecule has 0 aliphatic rings. The number of pyridine rings is 1. The number of nitrogens with zero attached hydrogens (tertiary/aromatic N) is 2. The molecule has 8 heteroatoms. The molecular weight excluding hydrogens is 404 g/mol. The van der Waals surface area contributed by atoms with Crippen LogP contribution >= 0.6 is 11.6 Å². The molecule has 1 amide bonds. The second kappa shape index (κ2) is 8.04. The molecule has 0 spiro atoms. The van der Waals surface area contributed by atoms with Gasteiger partial charge in [-0.2, -0.15) is 0 Å². The van der Waals surface area contributed by atoms with Crippen molar-refractivity contribution in [3.63, 3.8) is 0 Å². The number of aryl methyl sites for hydroxylation is 1. The van der Waals surface area contributed by atoms with Crippen molar-refractivity contribution in [1.82, 2.24) is 15.0 Å². The molecule has 0 radical (unpaired) electrons. The lowest BCUT2D eigenvalue weighted by molar-refractivity contribution is 0.102. The van der Waals surface area contributed by atoms with Crippen molar-refractivity contribution in [3.8, 4) is 22.9 Å². The number of imidazole rings is 1. The highest BCUT2D eigenvalue weighted by molar-refractivity contribution is 6.33. The minimum absolute atomic E-state index is 0.315. The van der Waals surface area contributed by atoms with Crippen LogP contribution in [-0.2, 0) is 0 Å². The van der Waals surface area contributed by atoms with E-state index in [9.17, 15) is 4.79 Å². The zero-order valence-electron chi connectivity index (χ0n) is 16.6. The second-order valence-electron chi connectivity index (χ2n) is 6.68. The quantitative estimate of drug-likeness (QED) is 0.479. The summed E-state index contributed by atoms with van der Waals surface area (Å²) >= 11 is 6.40. The van der Waals surface area contributed by atoms with Crippen LogP contribution in [0.15, 0.2) is 48.7 Å². The number of aromatic amines is 1. The normalized spacial score (nSPS) is 10.8. The van der Waals surface area contributed by atoms with E-state index < -0.39 is 0 Å². The summed E-state index contributed by atoms with van der Waals surface area (Å²) in [7, 11) is 3.06. The number of amides is 1. The molecule has 7 nitrogen and oxygen atoms in total. The first kappa shape index (κ1) is 19.7. The smallest absolute Gasteiger partial charge is 0.259 e. The lowest BCUT2D eigenvalue weighted by Gasteiger charge is -2.12. The van der Waals surface area contributed by atoms with E-state index in [1.54, 1.807) is 49.7 Å². The van der Waals surface area contributed by atoms with Gasteiger partial charge < -0.3 is 19.8 Å². The van der Waals surface area contributed by atoms with E-state index in [1.807, 2.05) is 13.0 Å². The molecular formula is C22H19ClN4O3. The van der Waals surface area contributed by atoms with Crippen molar-refractivity contribution in [1.29, 1.82) is 0 Å². The summed E-state index contributed by atoms with van der Waals surface area (Å²) in [6.07, 6.45) is 1.76. The maximum Gasteiger partial charge on any atom is 0.259 e. The molecule has 0 aliphatic carbocycles. The Labute approximate surface area is 178 Å². The third kappa shape index (κ3) is 3.79. The Bertz CT molecular complexity index is 1250. The van der Waals surface area contributed by atoms with Gasteiger partial charge in [-0.3, -0.25) is 4.79 Å². The SMILES string of the molecule is COc1ccc(C(=O)Nc2ccc(Cl)c(-c3nc4ncc(C)cc4[nH]3)c2)c(OC)c1. The van der Waals surface area contributed by atoms with Crippen molar-refractivity contribution < 1.29 is 14.3 Å². The topological polar surface area (TPSA) is 89.1 Å². The van der Waals surface area contributed by atoms with Crippen LogP contribution in [0.25, 0.3) is 22.6 Å². The summed E-state index contributed by atoms with van der Waals surface area (Å²) in [5, 5.41) is 3.38. The molecule has 0 fully saturated rings. The van der Waals surface area contributed by atoms with Gasteiger partial charge in [0.05, 0.1) is 30.3 Å². The van der Waals surface area contributed by atoms with Crippen LogP contribution in [0, 0.1) is 6.92 Å². The number of halogens is 1. The van der Waals surface area contributed by atoms with Gasteiger partial charge in [0.25, 0.3) is 5.91 Å². The first-order valence-electron chi connectivity index (χ1n) is 9.14. The number of aromatic nitrogens is 3. The summed E-state index contributed by atoms with van der Waals surface area (Å²) < 4.78 is 10.5. The monoisotopic (exact) mass is 422 g/mol. The highest BCUT2D eigenvalue weighted by atomic mass is 35.5. The Morgan fingerprint density at radius 1 is 1.10 bits per heavy atom. The number of benzene rings is 2. The largest absolute Gasteiger partial charge is 0.497 e. The van der Waals surface area contributed by atoms with E-state index >= 15 is 0 Å². The number of rotatable bonds is 5. The number of carbonyl (C=O) groups is 1. The first-order chi connectivity index (χ1) is 14.5. The van der Waals surface area contributed by atoms with Crippen molar-refractivity contribution in [2.75, 3.05) is 19.5 Å². The molecule has 2 aromatic carbocycles. The number of methoxy groups -OCH3 is 2. The van der Waals surface area contributed by atoms with E-state index in [4.69, 9.17) is 21.1 Å². The number of nitrogens with one attached hydrogen (secondary N) is 2. The van der Waals surface area contributed by atoms with Crippen molar-refractivity contribution in [3.05, 3.63) is 64.8 Å². The van der Waals surface area contributed by atoms with Gasteiger partial charge in [0, 0.05) is 23.5 Å². The van der Waals surface area contributed by atoms with E-state index in [0.29, 0.717) is 44.8 Å². The fraction of sp³-hybridized carbons (Fsp3) is 0.136. The molecule has 0 atom stereocenters. The van der Waals surface area contributed by atoms with E-state index in [0.717, 1.165) is 11.1 Å². The minimum Gasteiger partial charge on any atom is -0.497 e. The van der Waals surface area contributed by atoms with Crippen molar-refractivity contribution in [2.24, 2.45) is 0 Å². The Hall–Kier alpha value is -3.58. The van der Waals surface area contributed by atoms with Gasteiger partial charge in [-0.05, 0) is 48.9 Å². The zero-order valence-corrected chi connectivity index (χ0v) is 17.4. The standard InChI is InChI=1S/C22H19ClN4O3/c1-12-8-18-21(24-11-12)27-20(26-18)16-9-13(4-7-17(16)23)25-22(28)15-6-5-14(29-2)10-19(15)30-3/h4-11H,1-3H3,(H,25,28)(H,24,26,27). The molecule has 4 aromatic rings. The molecule has 2 N–H and O–H groups in total. The lowest BCUT2D eigenvalue weighted by Crippen LogP contribution is -2.13. The molecule has 30 heavy (non-hydrogen) atoms. The van der Waals surface area contributed by atoms with Gasteiger partial charge in [0.1, 0.15) is 17.3 Å². The van der Waals surface area contributed by atoms with Gasteiger partial charge in [-0.15, -0.1) is 0 Å². The predicted octanol–water partition coefficient (Wildman–Crippen LogP) is 4.86.